The number of hydrogen-bond acceptors (Lipinski definition) is 5. The molecule has 24 heavy (non-hydrogen) atoms. The van der Waals surface area contributed by atoms with Crippen molar-refractivity contribution in [2.75, 3.05) is 18.5 Å². The zero-order valence-electron chi connectivity index (χ0n) is 13.5. The molecule has 0 aliphatic heterocycles. The van der Waals surface area contributed by atoms with Gasteiger partial charge in [0.25, 0.3) is 0 Å². The molecule has 0 aliphatic carbocycles. The highest BCUT2D eigenvalue weighted by molar-refractivity contribution is 5.99. The lowest BCUT2D eigenvalue weighted by atomic mass is 10.1. The monoisotopic (exact) mass is 326 g/mol. The van der Waals surface area contributed by atoms with Gasteiger partial charge in [-0.3, -0.25) is 4.68 Å². The van der Waals surface area contributed by atoms with Gasteiger partial charge in [-0.15, -0.1) is 0 Å². The van der Waals surface area contributed by atoms with Gasteiger partial charge >= 0.3 is 5.97 Å². The highest BCUT2D eigenvalue weighted by Crippen LogP contribution is 2.30. The van der Waals surface area contributed by atoms with Gasteiger partial charge in [-0.05, 0) is 12.0 Å². The molecule has 3 rings (SSSR count). The topological polar surface area (TPSA) is 84.4 Å². The van der Waals surface area contributed by atoms with Gasteiger partial charge in [0, 0.05) is 32.4 Å². The molecule has 2 aromatic heterocycles. The summed E-state index contributed by atoms with van der Waals surface area (Å²) in [6, 6.07) is 9.12. The number of carboxylic acid groups (broad SMARTS) is 1. The maximum atomic E-state index is 11.7. The Bertz CT molecular complexity index is 839. The molecular weight excluding hydrogens is 308 g/mol. The molecule has 2 heterocycles. The third-order valence-corrected chi connectivity index (χ3v) is 3.78. The predicted molar refractivity (Wildman–Crippen MR) is 89.1 cm³/mol. The molecule has 7 heteroatoms. The van der Waals surface area contributed by atoms with Gasteiger partial charge in [-0.25, -0.2) is 4.79 Å². The molecule has 0 bridgehead atoms. The van der Waals surface area contributed by atoms with E-state index >= 15 is 0 Å². The van der Waals surface area contributed by atoms with Gasteiger partial charge in [0.05, 0.1) is 6.20 Å². The zero-order chi connectivity index (χ0) is 17.1. The van der Waals surface area contributed by atoms with Crippen molar-refractivity contribution in [2.45, 2.75) is 6.42 Å². The quantitative estimate of drug-likeness (QED) is 0.749. The minimum absolute atomic E-state index is 0.0786. The number of rotatable bonds is 6. The van der Waals surface area contributed by atoms with E-state index in [-0.39, 0.29) is 11.3 Å². The van der Waals surface area contributed by atoms with Crippen LogP contribution in [0.15, 0.2) is 47.2 Å². The summed E-state index contributed by atoms with van der Waals surface area (Å²) in [5, 5.41) is 17.7. The van der Waals surface area contributed by atoms with E-state index in [1.54, 1.807) is 35.0 Å². The molecule has 0 aliphatic rings. The highest BCUT2D eigenvalue weighted by Gasteiger charge is 2.25. The van der Waals surface area contributed by atoms with E-state index in [9.17, 15) is 9.90 Å². The average Bonchev–Trinajstić information content (AvgIpc) is 3.19. The van der Waals surface area contributed by atoms with Crippen LogP contribution in [0.4, 0.5) is 5.82 Å². The summed E-state index contributed by atoms with van der Waals surface area (Å²) in [4.78, 5) is 13.5. The van der Waals surface area contributed by atoms with Gasteiger partial charge in [-0.1, -0.05) is 35.5 Å². The van der Waals surface area contributed by atoms with Gasteiger partial charge in [0.2, 0.25) is 0 Å². The number of aromatic nitrogens is 3. The van der Waals surface area contributed by atoms with Crippen LogP contribution in [-0.2, 0) is 13.5 Å². The molecule has 1 aromatic carbocycles. The molecule has 0 spiro atoms. The fourth-order valence-corrected chi connectivity index (χ4v) is 2.53. The lowest BCUT2D eigenvalue weighted by Gasteiger charge is -2.15. The Morgan fingerprint density at radius 1 is 1.33 bits per heavy atom. The average molecular weight is 326 g/mol. The first-order valence-corrected chi connectivity index (χ1v) is 7.53. The van der Waals surface area contributed by atoms with Crippen LogP contribution < -0.4 is 4.90 Å². The normalized spacial score (nSPS) is 10.8. The summed E-state index contributed by atoms with van der Waals surface area (Å²) < 4.78 is 7.07. The van der Waals surface area contributed by atoms with E-state index in [0.29, 0.717) is 17.9 Å². The fourth-order valence-electron chi connectivity index (χ4n) is 2.53. The number of aromatic carboxylic acids is 1. The second kappa shape index (κ2) is 6.57. The molecule has 124 valence electrons. The van der Waals surface area contributed by atoms with Crippen molar-refractivity contribution in [3.05, 3.63) is 53.9 Å². The van der Waals surface area contributed by atoms with Crippen LogP contribution in [0, 0.1) is 0 Å². The first-order valence-electron chi connectivity index (χ1n) is 7.53. The van der Waals surface area contributed by atoms with Crippen molar-refractivity contribution in [3.8, 4) is 11.3 Å². The van der Waals surface area contributed by atoms with E-state index in [4.69, 9.17) is 4.52 Å². The van der Waals surface area contributed by atoms with E-state index in [2.05, 4.69) is 10.3 Å². The number of hydrogen-bond donors (Lipinski definition) is 1. The number of carboxylic acids is 1. The number of likely N-dealkylation sites (N-methyl/N-ethyl adjacent to an activating group) is 1. The van der Waals surface area contributed by atoms with Crippen LogP contribution in [0.2, 0.25) is 0 Å². The van der Waals surface area contributed by atoms with Crippen LogP contribution in [0.5, 0.6) is 0 Å². The van der Waals surface area contributed by atoms with E-state index < -0.39 is 5.97 Å². The summed E-state index contributed by atoms with van der Waals surface area (Å²) in [5.74, 6) is -0.463. The molecule has 0 saturated heterocycles. The number of benzene rings is 1. The lowest BCUT2D eigenvalue weighted by molar-refractivity contribution is 0.0698. The van der Waals surface area contributed by atoms with Crippen LogP contribution in [-0.4, -0.2) is 39.6 Å². The first-order chi connectivity index (χ1) is 11.6. The van der Waals surface area contributed by atoms with Gasteiger partial charge in [-0.2, -0.15) is 5.10 Å². The van der Waals surface area contributed by atoms with Gasteiger partial charge in [0.15, 0.2) is 17.1 Å². The molecule has 1 N–H and O–H groups in total. The third kappa shape index (κ3) is 3.15. The SMILES string of the molecule is CN(CCc1cnn(C)c1)c1noc(-c2ccccc2)c1C(=O)O. The smallest absolute Gasteiger partial charge is 0.343 e. The third-order valence-electron chi connectivity index (χ3n) is 3.78. The van der Waals surface area contributed by atoms with Crippen molar-refractivity contribution in [1.82, 2.24) is 14.9 Å². The molecule has 0 saturated carbocycles. The summed E-state index contributed by atoms with van der Waals surface area (Å²) >= 11 is 0. The van der Waals surface area contributed by atoms with Crippen molar-refractivity contribution in [2.24, 2.45) is 7.05 Å². The zero-order valence-corrected chi connectivity index (χ0v) is 13.5. The second-order valence-electron chi connectivity index (χ2n) is 5.58. The number of aryl methyl sites for hydroxylation is 1. The molecule has 0 amide bonds. The van der Waals surface area contributed by atoms with Crippen LogP contribution in [0.3, 0.4) is 0 Å². The first kappa shape index (κ1) is 15.8. The van der Waals surface area contributed by atoms with Crippen molar-refractivity contribution >= 4 is 11.8 Å². The summed E-state index contributed by atoms with van der Waals surface area (Å²) in [6.45, 7) is 0.604. The van der Waals surface area contributed by atoms with Gasteiger partial charge < -0.3 is 14.5 Å². The van der Waals surface area contributed by atoms with Crippen molar-refractivity contribution < 1.29 is 14.4 Å². The van der Waals surface area contributed by atoms with Crippen LogP contribution >= 0.6 is 0 Å². The number of nitrogens with zero attached hydrogens (tertiary/aromatic N) is 4. The molecular formula is C17H18N4O3. The van der Waals surface area contributed by atoms with Crippen LogP contribution in [0.1, 0.15) is 15.9 Å². The van der Waals surface area contributed by atoms with Crippen molar-refractivity contribution in [1.29, 1.82) is 0 Å². The highest BCUT2D eigenvalue weighted by atomic mass is 16.5. The second-order valence-corrected chi connectivity index (χ2v) is 5.58. The molecule has 0 fully saturated rings. The maximum Gasteiger partial charge on any atom is 0.343 e. The molecule has 3 aromatic rings. The maximum absolute atomic E-state index is 11.7. The Hall–Kier alpha value is -3.09. The fraction of sp³-hybridized carbons (Fsp3) is 0.235. The Labute approximate surface area is 139 Å². The molecule has 7 nitrogen and oxygen atoms in total. The Morgan fingerprint density at radius 3 is 2.71 bits per heavy atom. The standard InChI is InChI=1S/C17H18N4O3/c1-20(9-8-12-10-18-21(2)11-12)16-14(17(22)23)15(24-19-16)13-6-4-3-5-7-13/h3-7,10-11H,8-9H2,1-2H3,(H,22,23). The predicted octanol–water partition coefficient (Wildman–Crippen LogP) is 2.45. The summed E-state index contributed by atoms with van der Waals surface area (Å²) in [5.41, 5.74) is 1.84. The largest absolute Gasteiger partial charge is 0.477 e. The summed E-state index contributed by atoms with van der Waals surface area (Å²) in [7, 11) is 3.66. The lowest BCUT2D eigenvalue weighted by Crippen LogP contribution is -2.22. The van der Waals surface area contributed by atoms with E-state index in [1.165, 1.54) is 0 Å². The molecule has 0 atom stereocenters. The minimum Gasteiger partial charge on any atom is -0.477 e. The minimum atomic E-state index is -1.06. The molecule has 0 radical (unpaired) electrons. The van der Waals surface area contributed by atoms with Crippen LogP contribution in [0.25, 0.3) is 11.3 Å². The Morgan fingerprint density at radius 2 is 2.08 bits per heavy atom. The number of carbonyl (C=O) groups is 1. The van der Waals surface area contributed by atoms with Gasteiger partial charge in [0.1, 0.15) is 0 Å². The summed E-state index contributed by atoms with van der Waals surface area (Å²) in [6.07, 6.45) is 4.46. The molecule has 0 unspecified atom stereocenters. The van der Waals surface area contributed by atoms with E-state index in [1.807, 2.05) is 31.4 Å². The Balaban J connectivity index is 1.85. The number of anilines is 1. The van der Waals surface area contributed by atoms with E-state index in [0.717, 1.165) is 12.0 Å². The van der Waals surface area contributed by atoms with Crippen molar-refractivity contribution in [3.63, 3.8) is 0 Å². The Kier molecular flexibility index (Phi) is 4.33.